The highest BCUT2D eigenvalue weighted by atomic mass is 19.4. The van der Waals surface area contributed by atoms with Crippen molar-refractivity contribution in [2.75, 3.05) is 13.7 Å². The zero-order chi connectivity index (χ0) is 25.4. The largest absolute Gasteiger partial charge is 0.466 e. The van der Waals surface area contributed by atoms with E-state index in [1.165, 1.54) is 25.7 Å². The molecule has 9 heteroatoms. The van der Waals surface area contributed by atoms with Crippen molar-refractivity contribution in [2.24, 2.45) is 0 Å². The van der Waals surface area contributed by atoms with Gasteiger partial charge in [0.2, 0.25) is 0 Å². The molecule has 0 spiro atoms. The summed E-state index contributed by atoms with van der Waals surface area (Å²) >= 11 is 0. The van der Waals surface area contributed by atoms with Gasteiger partial charge >= 0.3 is 12.2 Å². The Morgan fingerprint density at radius 2 is 1.83 bits per heavy atom. The van der Waals surface area contributed by atoms with Gasteiger partial charge in [-0.15, -0.1) is 5.10 Å². The average Bonchev–Trinajstić information content (AvgIpc) is 3.31. The van der Waals surface area contributed by atoms with Crippen LogP contribution in [0.5, 0.6) is 6.01 Å². The maximum absolute atomic E-state index is 13.7. The lowest BCUT2D eigenvalue weighted by molar-refractivity contribution is -0.137. The minimum atomic E-state index is -4.36. The van der Waals surface area contributed by atoms with Crippen molar-refractivity contribution in [1.82, 2.24) is 20.5 Å². The summed E-state index contributed by atoms with van der Waals surface area (Å²) in [5.74, 6) is 0.991. The van der Waals surface area contributed by atoms with Gasteiger partial charge < -0.3 is 10.1 Å². The summed E-state index contributed by atoms with van der Waals surface area (Å²) in [6.07, 6.45) is 0.311. The number of ketones is 1. The lowest BCUT2D eigenvalue weighted by Crippen LogP contribution is -2.43. The molecule has 1 aromatic heterocycles. The van der Waals surface area contributed by atoms with Crippen LogP contribution in [-0.4, -0.2) is 40.7 Å². The fourth-order valence-corrected chi connectivity index (χ4v) is 5.27. The number of nitrogens with one attached hydrogen (secondary N) is 2. The van der Waals surface area contributed by atoms with Crippen molar-refractivity contribution in [3.8, 4) is 17.4 Å². The number of aromatic amines is 1. The molecule has 2 heterocycles. The third-order valence-electron chi connectivity index (χ3n) is 7.54. The molecule has 0 radical (unpaired) electrons. The number of methoxy groups -OCH3 is 1. The minimum Gasteiger partial charge on any atom is -0.466 e. The molecule has 2 N–H and O–H groups in total. The van der Waals surface area contributed by atoms with Crippen LogP contribution in [0.2, 0.25) is 0 Å². The molecule has 6 nitrogen and oxygen atoms in total. The first-order valence-electron chi connectivity index (χ1n) is 12.3. The molecule has 2 unspecified atom stereocenters. The molecule has 2 fully saturated rings. The number of Topliss-reactive ketones (excluding diaryl/α,β-unsaturated/α-hetero) is 1. The number of hydrogen-bond donors (Lipinski definition) is 2. The van der Waals surface area contributed by atoms with Crippen molar-refractivity contribution in [1.29, 1.82) is 0 Å². The second-order valence-corrected chi connectivity index (χ2v) is 9.76. The van der Waals surface area contributed by atoms with E-state index in [4.69, 9.17) is 4.74 Å². The SMILES string of the molecule is COc1n[nH]c(-c2cc(C(=O)C3CC(c4ccc(C(F)(F)F)cc4)CCN3)c(C)cc2C2CCC2)n1. The lowest BCUT2D eigenvalue weighted by Gasteiger charge is -2.31. The van der Waals surface area contributed by atoms with Crippen molar-refractivity contribution >= 4 is 5.78 Å². The van der Waals surface area contributed by atoms with Gasteiger partial charge in [-0.1, -0.05) is 24.6 Å². The third-order valence-corrected chi connectivity index (χ3v) is 7.54. The van der Waals surface area contributed by atoms with E-state index in [1.807, 2.05) is 13.0 Å². The van der Waals surface area contributed by atoms with Gasteiger partial charge in [-0.05, 0) is 85.9 Å². The van der Waals surface area contributed by atoms with Crippen LogP contribution in [0.3, 0.4) is 0 Å². The molecule has 190 valence electrons. The summed E-state index contributed by atoms with van der Waals surface area (Å²) in [6, 6.07) is 9.14. The first-order chi connectivity index (χ1) is 17.2. The van der Waals surface area contributed by atoms with Crippen LogP contribution < -0.4 is 10.1 Å². The van der Waals surface area contributed by atoms with Gasteiger partial charge in [0.15, 0.2) is 11.6 Å². The van der Waals surface area contributed by atoms with Crippen LogP contribution in [-0.2, 0) is 6.18 Å². The zero-order valence-electron chi connectivity index (χ0n) is 20.3. The highest BCUT2D eigenvalue weighted by Crippen LogP contribution is 2.42. The fraction of sp³-hybridized carbons (Fsp3) is 0.444. The Morgan fingerprint density at radius 1 is 1.08 bits per heavy atom. The normalized spacial score (nSPS) is 20.7. The van der Waals surface area contributed by atoms with Gasteiger partial charge in [-0.3, -0.25) is 9.89 Å². The predicted molar refractivity (Wildman–Crippen MR) is 129 cm³/mol. The number of carbonyl (C=O) groups is 1. The highest BCUT2D eigenvalue weighted by molar-refractivity contribution is 6.02. The summed E-state index contributed by atoms with van der Waals surface area (Å²) in [7, 11) is 1.51. The highest BCUT2D eigenvalue weighted by Gasteiger charge is 2.33. The second kappa shape index (κ2) is 9.69. The van der Waals surface area contributed by atoms with Crippen LogP contribution in [0.25, 0.3) is 11.4 Å². The summed E-state index contributed by atoms with van der Waals surface area (Å²) < 4.78 is 44.0. The van der Waals surface area contributed by atoms with Gasteiger partial charge in [0.1, 0.15) is 0 Å². The first kappa shape index (κ1) is 24.5. The average molecular weight is 499 g/mol. The summed E-state index contributed by atoms with van der Waals surface area (Å²) in [5.41, 5.74) is 3.72. The van der Waals surface area contributed by atoms with Crippen LogP contribution in [0.15, 0.2) is 36.4 Å². The van der Waals surface area contributed by atoms with Crippen LogP contribution in [0.1, 0.15) is 76.6 Å². The number of ether oxygens (including phenoxy) is 1. The number of carbonyl (C=O) groups excluding carboxylic acids is 1. The molecule has 0 bridgehead atoms. The van der Waals surface area contributed by atoms with E-state index in [-0.39, 0.29) is 17.7 Å². The number of hydrogen-bond acceptors (Lipinski definition) is 5. The maximum atomic E-state index is 13.7. The summed E-state index contributed by atoms with van der Waals surface area (Å²) in [4.78, 5) is 18.1. The number of benzene rings is 2. The van der Waals surface area contributed by atoms with Gasteiger partial charge in [-0.25, -0.2) is 0 Å². The lowest BCUT2D eigenvalue weighted by atomic mass is 9.76. The second-order valence-electron chi connectivity index (χ2n) is 9.76. The molecule has 0 amide bonds. The van der Waals surface area contributed by atoms with Crippen molar-refractivity contribution < 1.29 is 22.7 Å². The van der Waals surface area contributed by atoms with Crippen molar-refractivity contribution in [2.45, 2.75) is 63.1 Å². The molecule has 2 atom stereocenters. The van der Waals surface area contributed by atoms with E-state index in [0.29, 0.717) is 30.3 Å². The molecule has 1 saturated carbocycles. The van der Waals surface area contributed by atoms with Gasteiger partial charge in [0.25, 0.3) is 0 Å². The molecular formula is C27H29F3N4O2. The standard InChI is InChI=1S/C27H29F3N4O2/c1-15-12-21(17-4-3-5-17)22(25-32-26(36-2)34-33-25)14-20(15)24(35)23-13-18(10-11-31-23)16-6-8-19(9-7-16)27(28,29)30/h6-9,12,14,17-18,23,31H,3-5,10-11,13H2,1-2H3,(H,32,33,34). The minimum absolute atomic E-state index is 0.00930. The molecule has 2 aromatic carbocycles. The number of nitrogens with zero attached hydrogens (tertiary/aromatic N) is 2. The zero-order valence-corrected chi connectivity index (χ0v) is 20.3. The summed E-state index contributed by atoms with van der Waals surface area (Å²) in [5, 5.41) is 10.3. The molecule has 2 aliphatic rings. The predicted octanol–water partition coefficient (Wildman–Crippen LogP) is 5.79. The number of aryl methyl sites for hydroxylation is 1. The monoisotopic (exact) mass is 498 g/mol. The Hall–Kier alpha value is -3.20. The fourth-order valence-electron chi connectivity index (χ4n) is 5.27. The Balaban J connectivity index is 1.41. The van der Waals surface area contributed by atoms with Crippen LogP contribution >= 0.6 is 0 Å². The number of alkyl halides is 3. The Kier molecular flexibility index (Phi) is 6.59. The molecule has 1 aliphatic carbocycles. The molecule has 36 heavy (non-hydrogen) atoms. The molecular weight excluding hydrogens is 469 g/mol. The van der Waals surface area contributed by atoms with Crippen molar-refractivity contribution in [3.63, 3.8) is 0 Å². The van der Waals surface area contributed by atoms with Crippen LogP contribution in [0, 0.1) is 6.92 Å². The van der Waals surface area contributed by atoms with E-state index >= 15 is 0 Å². The molecule has 5 rings (SSSR count). The molecule has 1 saturated heterocycles. The topological polar surface area (TPSA) is 79.9 Å². The quantitative estimate of drug-likeness (QED) is 0.421. The molecule has 1 aliphatic heterocycles. The van der Waals surface area contributed by atoms with E-state index in [0.717, 1.165) is 53.6 Å². The van der Waals surface area contributed by atoms with Crippen LogP contribution in [0.4, 0.5) is 13.2 Å². The maximum Gasteiger partial charge on any atom is 0.416 e. The van der Waals surface area contributed by atoms with E-state index in [2.05, 4.69) is 26.6 Å². The van der Waals surface area contributed by atoms with E-state index in [1.54, 1.807) is 0 Å². The van der Waals surface area contributed by atoms with Gasteiger partial charge in [-0.2, -0.15) is 18.2 Å². The smallest absolute Gasteiger partial charge is 0.416 e. The van der Waals surface area contributed by atoms with E-state index < -0.39 is 17.8 Å². The Labute approximate surface area is 207 Å². The number of aromatic nitrogens is 3. The number of halogens is 3. The number of rotatable bonds is 6. The Morgan fingerprint density at radius 3 is 2.44 bits per heavy atom. The number of H-pyrrole nitrogens is 1. The Bertz CT molecular complexity index is 1250. The summed E-state index contributed by atoms with van der Waals surface area (Å²) in [6.45, 7) is 2.57. The van der Waals surface area contributed by atoms with Gasteiger partial charge in [0.05, 0.1) is 18.7 Å². The third kappa shape index (κ3) is 4.76. The molecule has 3 aromatic rings. The van der Waals surface area contributed by atoms with E-state index in [9.17, 15) is 18.0 Å². The van der Waals surface area contributed by atoms with Crippen molar-refractivity contribution in [3.05, 3.63) is 64.2 Å². The first-order valence-corrected chi connectivity index (χ1v) is 12.3. The van der Waals surface area contributed by atoms with Gasteiger partial charge in [0, 0.05) is 11.1 Å². The number of piperidine rings is 1.